The molecule has 1 heterocycles. The Kier molecular flexibility index (Phi) is 4.86. The van der Waals surface area contributed by atoms with Crippen molar-refractivity contribution in [3.63, 3.8) is 0 Å². The number of amides is 1. The quantitative estimate of drug-likeness (QED) is 0.749. The summed E-state index contributed by atoms with van der Waals surface area (Å²) in [5.74, 6) is 0.630. The summed E-state index contributed by atoms with van der Waals surface area (Å²) in [6, 6.07) is 16.7. The Morgan fingerprint density at radius 3 is 2.36 bits per heavy atom. The predicted octanol–water partition coefficient (Wildman–Crippen LogP) is 3.49. The maximum Gasteiger partial charge on any atom is 0.242 e. The van der Waals surface area contributed by atoms with Gasteiger partial charge in [-0.15, -0.1) is 0 Å². The van der Waals surface area contributed by atoms with E-state index in [-0.39, 0.29) is 18.0 Å². The van der Waals surface area contributed by atoms with Gasteiger partial charge < -0.3 is 15.6 Å². The van der Waals surface area contributed by atoms with Crippen molar-refractivity contribution in [3.05, 3.63) is 66.0 Å². The molecule has 3 N–H and O–H groups in total. The van der Waals surface area contributed by atoms with Crippen molar-refractivity contribution in [1.29, 1.82) is 0 Å². The van der Waals surface area contributed by atoms with E-state index in [0.717, 1.165) is 22.4 Å². The van der Waals surface area contributed by atoms with Crippen LogP contribution in [0.2, 0.25) is 0 Å². The molecule has 0 spiro atoms. The number of nitrogens with zero attached hydrogens (tertiary/aromatic N) is 2. The van der Waals surface area contributed by atoms with Gasteiger partial charge in [0.1, 0.15) is 11.9 Å². The minimum absolute atomic E-state index is 0.207. The van der Waals surface area contributed by atoms with Gasteiger partial charge in [-0.1, -0.05) is 42.5 Å². The topological polar surface area (TPSA) is 72.9 Å². The number of hydrogen-bond acceptors (Lipinski definition) is 3. The lowest BCUT2D eigenvalue weighted by Crippen LogP contribution is -2.36. The summed E-state index contributed by atoms with van der Waals surface area (Å²) in [5.41, 5.74) is 8.90. The highest BCUT2D eigenvalue weighted by Crippen LogP contribution is 2.25. The average Bonchev–Trinajstić information content (AvgIpc) is 3.01. The lowest BCUT2D eigenvalue weighted by molar-refractivity contribution is -0.123. The number of hydrogen-bond donors (Lipinski definition) is 2. The van der Waals surface area contributed by atoms with Crippen LogP contribution in [0.25, 0.3) is 11.0 Å². The van der Waals surface area contributed by atoms with E-state index < -0.39 is 6.04 Å². The maximum atomic E-state index is 12.6. The van der Waals surface area contributed by atoms with Gasteiger partial charge in [0.15, 0.2) is 0 Å². The SMILES string of the molecule is CC(NC(=O)C(N)c1ccccc1)c1nc2ccccc2n1C(C)C. The van der Waals surface area contributed by atoms with E-state index in [0.29, 0.717) is 0 Å². The molecule has 3 rings (SSSR count). The average molecular weight is 336 g/mol. The van der Waals surface area contributed by atoms with Crippen LogP contribution in [0.15, 0.2) is 54.6 Å². The van der Waals surface area contributed by atoms with E-state index in [1.165, 1.54) is 0 Å². The number of nitrogens with two attached hydrogens (primary N) is 1. The largest absolute Gasteiger partial charge is 0.345 e. The van der Waals surface area contributed by atoms with Gasteiger partial charge in [-0.25, -0.2) is 4.98 Å². The van der Waals surface area contributed by atoms with E-state index in [4.69, 9.17) is 10.7 Å². The number of carbonyl (C=O) groups excluding carboxylic acids is 1. The van der Waals surface area contributed by atoms with Gasteiger partial charge in [-0.3, -0.25) is 4.79 Å². The number of benzene rings is 2. The van der Waals surface area contributed by atoms with E-state index in [2.05, 4.69) is 29.8 Å². The molecule has 3 aromatic rings. The number of para-hydroxylation sites is 2. The molecule has 2 atom stereocenters. The molecule has 1 amide bonds. The van der Waals surface area contributed by atoms with Crippen LogP contribution in [0.3, 0.4) is 0 Å². The third-order valence-corrected chi connectivity index (χ3v) is 4.33. The van der Waals surface area contributed by atoms with Gasteiger partial charge in [0.2, 0.25) is 5.91 Å². The first kappa shape index (κ1) is 17.2. The van der Waals surface area contributed by atoms with Crippen molar-refractivity contribution in [2.75, 3.05) is 0 Å². The van der Waals surface area contributed by atoms with E-state index in [1.807, 2.05) is 55.5 Å². The lowest BCUT2D eigenvalue weighted by atomic mass is 10.1. The molecule has 2 unspecified atom stereocenters. The summed E-state index contributed by atoms with van der Waals surface area (Å²) < 4.78 is 2.16. The van der Waals surface area contributed by atoms with Crippen molar-refractivity contribution in [2.45, 2.75) is 38.9 Å². The zero-order valence-corrected chi connectivity index (χ0v) is 14.8. The van der Waals surface area contributed by atoms with Crippen LogP contribution in [-0.2, 0) is 4.79 Å². The number of fused-ring (bicyclic) bond motifs is 1. The number of rotatable bonds is 5. The second kappa shape index (κ2) is 7.07. The highest BCUT2D eigenvalue weighted by atomic mass is 16.2. The van der Waals surface area contributed by atoms with Crippen LogP contribution in [0.5, 0.6) is 0 Å². The first-order valence-corrected chi connectivity index (χ1v) is 8.56. The van der Waals surface area contributed by atoms with Crippen LogP contribution in [-0.4, -0.2) is 15.5 Å². The molecule has 0 bridgehead atoms. The molecule has 5 heteroatoms. The summed E-state index contributed by atoms with van der Waals surface area (Å²) in [6.07, 6.45) is 0. The monoisotopic (exact) mass is 336 g/mol. The molecular weight excluding hydrogens is 312 g/mol. The molecule has 0 aliphatic rings. The van der Waals surface area contributed by atoms with E-state index in [1.54, 1.807) is 0 Å². The van der Waals surface area contributed by atoms with Crippen molar-refractivity contribution < 1.29 is 4.79 Å². The highest BCUT2D eigenvalue weighted by molar-refractivity contribution is 5.83. The Bertz CT molecular complexity index is 870. The van der Waals surface area contributed by atoms with Crippen LogP contribution in [0.1, 0.15) is 50.3 Å². The Morgan fingerprint density at radius 1 is 1.04 bits per heavy atom. The fourth-order valence-corrected chi connectivity index (χ4v) is 3.09. The van der Waals surface area contributed by atoms with Crippen molar-refractivity contribution in [2.24, 2.45) is 5.73 Å². The molecule has 25 heavy (non-hydrogen) atoms. The van der Waals surface area contributed by atoms with Crippen molar-refractivity contribution >= 4 is 16.9 Å². The normalized spacial score (nSPS) is 13.8. The smallest absolute Gasteiger partial charge is 0.242 e. The van der Waals surface area contributed by atoms with Crippen molar-refractivity contribution in [1.82, 2.24) is 14.9 Å². The molecule has 2 aromatic carbocycles. The van der Waals surface area contributed by atoms with Crippen LogP contribution < -0.4 is 11.1 Å². The Labute approximate surface area is 147 Å². The van der Waals surface area contributed by atoms with E-state index in [9.17, 15) is 4.79 Å². The lowest BCUT2D eigenvalue weighted by Gasteiger charge is -2.20. The summed E-state index contributed by atoms with van der Waals surface area (Å²) in [4.78, 5) is 17.3. The second-order valence-corrected chi connectivity index (χ2v) is 6.54. The molecule has 0 saturated heterocycles. The fraction of sp³-hybridized carbons (Fsp3) is 0.300. The van der Waals surface area contributed by atoms with Crippen LogP contribution >= 0.6 is 0 Å². The first-order chi connectivity index (χ1) is 12.0. The third kappa shape index (κ3) is 3.42. The number of nitrogens with one attached hydrogen (secondary N) is 1. The van der Waals surface area contributed by atoms with Crippen LogP contribution in [0.4, 0.5) is 0 Å². The second-order valence-electron chi connectivity index (χ2n) is 6.54. The molecular formula is C20H24N4O. The van der Waals surface area contributed by atoms with E-state index >= 15 is 0 Å². The summed E-state index contributed by atoms with van der Waals surface area (Å²) in [7, 11) is 0. The van der Waals surface area contributed by atoms with Gasteiger partial charge >= 0.3 is 0 Å². The van der Waals surface area contributed by atoms with Crippen molar-refractivity contribution in [3.8, 4) is 0 Å². The molecule has 1 aromatic heterocycles. The molecule has 0 radical (unpaired) electrons. The molecule has 0 saturated carbocycles. The summed E-state index contributed by atoms with van der Waals surface area (Å²) in [6.45, 7) is 6.17. The zero-order valence-electron chi connectivity index (χ0n) is 14.8. The first-order valence-electron chi connectivity index (χ1n) is 8.56. The molecule has 0 aliphatic heterocycles. The van der Waals surface area contributed by atoms with Crippen LogP contribution in [0, 0.1) is 0 Å². The number of carbonyl (C=O) groups is 1. The fourth-order valence-electron chi connectivity index (χ4n) is 3.09. The molecule has 0 fully saturated rings. The van der Waals surface area contributed by atoms with Gasteiger partial charge in [0.25, 0.3) is 0 Å². The van der Waals surface area contributed by atoms with Gasteiger partial charge in [0.05, 0.1) is 17.1 Å². The predicted molar refractivity (Wildman–Crippen MR) is 100 cm³/mol. The molecule has 5 nitrogen and oxygen atoms in total. The maximum absolute atomic E-state index is 12.6. The molecule has 130 valence electrons. The molecule has 0 aliphatic carbocycles. The Morgan fingerprint density at radius 2 is 1.68 bits per heavy atom. The number of imidazole rings is 1. The Balaban J connectivity index is 1.86. The summed E-state index contributed by atoms with van der Waals surface area (Å²) >= 11 is 0. The third-order valence-electron chi connectivity index (χ3n) is 4.33. The minimum atomic E-state index is -0.694. The zero-order chi connectivity index (χ0) is 18.0. The van der Waals surface area contributed by atoms with Gasteiger partial charge in [-0.05, 0) is 38.5 Å². The number of aromatic nitrogens is 2. The minimum Gasteiger partial charge on any atom is -0.345 e. The standard InChI is InChI=1S/C20H24N4O/c1-13(2)24-17-12-8-7-11-16(17)23-19(24)14(3)22-20(25)18(21)15-9-5-4-6-10-15/h4-14,18H,21H2,1-3H3,(H,22,25). The summed E-state index contributed by atoms with van der Waals surface area (Å²) in [5, 5.41) is 3.00. The highest BCUT2D eigenvalue weighted by Gasteiger charge is 2.23. The Hall–Kier alpha value is -2.66. The van der Waals surface area contributed by atoms with Gasteiger partial charge in [-0.2, -0.15) is 0 Å². The van der Waals surface area contributed by atoms with Gasteiger partial charge in [0, 0.05) is 6.04 Å².